The fourth-order valence-corrected chi connectivity index (χ4v) is 2.15. The van der Waals surface area contributed by atoms with Gasteiger partial charge in [-0.1, -0.05) is 54.1 Å². The van der Waals surface area contributed by atoms with E-state index in [9.17, 15) is 0 Å². The molecule has 0 aliphatic heterocycles. The minimum atomic E-state index is 0.0387. The first-order valence-corrected chi connectivity index (χ1v) is 6.46. The molecule has 0 saturated carbocycles. The highest BCUT2D eigenvalue weighted by Crippen LogP contribution is 2.28. The molecule has 0 heterocycles. The van der Waals surface area contributed by atoms with Crippen molar-refractivity contribution < 1.29 is 4.74 Å². The molecule has 0 aliphatic carbocycles. The van der Waals surface area contributed by atoms with Crippen molar-refractivity contribution in [2.45, 2.75) is 26.9 Å². The van der Waals surface area contributed by atoms with E-state index in [-0.39, 0.29) is 6.10 Å². The van der Waals surface area contributed by atoms with Crippen molar-refractivity contribution in [1.82, 2.24) is 0 Å². The first kappa shape index (κ1) is 12.8. The molecule has 0 N–H and O–H groups in total. The molecule has 1 atom stereocenters. The van der Waals surface area contributed by atoms with Crippen molar-refractivity contribution in [2.75, 3.05) is 6.61 Å². The molecule has 1 nitrogen and oxygen atoms in total. The summed E-state index contributed by atoms with van der Waals surface area (Å²) >= 11 is 0. The smallest absolute Gasteiger partial charge is 0.108 e. The lowest BCUT2D eigenvalue weighted by molar-refractivity contribution is 0.0909. The molecule has 0 saturated heterocycles. The monoisotopic (exact) mass is 240 g/mol. The van der Waals surface area contributed by atoms with E-state index in [4.69, 9.17) is 4.74 Å². The Kier molecular flexibility index (Phi) is 4.16. The van der Waals surface area contributed by atoms with Crippen LogP contribution in [0.5, 0.6) is 0 Å². The highest BCUT2D eigenvalue weighted by atomic mass is 16.5. The molecule has 1 heteroatoms. The lowest BCUT2D eigenvalue weighted by atomic mass is 9.97. The number of rotatable bonds is 4. The van der Waals surface area contributed by atoms with Gasteiger partial charge in [0, 0.05) is 6.61 Å². The summed E-state index contributed by atoms with van der Waals surface area (Å²) in [5.41, 5.74) is 5.02. The van der Waals surface area contributed by atoms with E-state index in [1.807, 2.05) is 6.92 Å². The summed E-state index contributed by atoms with van der Waals surface area (Å²) in [6.45, 7) is 7.00. The lowest BCUT2D eigenvalue weighted by Gasteiger charge is -2.20. The molecule has 0 aromatic heterocycles. The second-order valence-corrected chi connectivity index (χ2v) is 4.60. The summed E-state index contributed by atoms with van der Waals surface area (Å²) in [5, 5.41) is 0. The van der Waals surface area contributed by atoms with Crippen LogP contribution >= 0.6 is 0 Å². The predicted octanol–water partition coefficient (Wildman–Crippen LogP) is 4.43. The van der Waals surface area contributed by atoms with Crippen LogP contribution < -0.4 is 0 Å². The molecular weight excluding hydrogens is 220 g/mol. The zero-order valence-corrected chi connectivity index (χ0v) is 11.3. The lowest BCUT2D eigenvalue weighted by Crippen LogP contribution is -2.07. The van der Waals surface area contributed by atoms with E-state index in [1.165, 1.54) is 22.3 Å². The molecule has 94 valence electrons. The fraction of sp³-hybridized carbons (Fsp3) is 0.294. The molecule has 0 fully saturated rings. The van der Waals surface area contributed by atoms with Crippen LogP contribution in [0.25, 0.3) is 0 Å². The van der Waals surface area contributed by atoms with Gasteiger partial charge in [-0.2, -0.15) is 0 Å². The van der Waals surface area contributed by atoms with Crippen LogP contribution in [-0.4, -0.2) is 6.61 Å². The molecule has 0 unspecified atom stereocenters. The summed E-state index contributed by atoms with van der Waals surface area (Å²) in [5.74, 6) is 0. The van der Waals surface area contributed by atoms with Crippen molar-refractivity contribution in [3.63, 3.8) is 0 Å². The van der Waals surface area contributed by atoms with Gasteiger partial charge < -0.3 is 4.74 Å². The largest absolute Gasteiger partial charge is 0.369 e. The number of benzene rings is 2. The van der Waals surface area contributed by atoms with Gasteiger partial charge in [0.1, 0.15) is 6.10 Å². The third-order valence-corrected chi connectivity index (χ3v) is 3.18. The Morgan fingerprint density at radius 1 is 0.944 bits per heavy atom. The molecular formula is C17H20O. The minimum absolute atomic E-state index is 0.0387. The molecule has 2 rings (SSSR count). The van der Waals surface area contributed by atoms with Gasteiger partial charge in [0.05, 0.1) is 0 Å². The average molecular weight is 240 g/mol. The maximum Gasteiger partial charge on any atom is 0.108 e. The summed E-state index contributed by atoms with van der Waals surface area (Å²) < 4.78 is 5.93. The van der Waals surface area contributed by atoms with Gasteiger partial charge in [-0.3, -0.25) is 0 Å². The first-order valence-electron chi connectivity index (χ1n) is 6.46. The Balaban J connectivity index is 2.40. The van der Waals surface area contributed by atoms with Crippen LogP contribution in [0.1, 0.15) is 35.3 Å². The summed E-state index contributed by atoms with van der Waals surface area (Å²) in [6.07, 6.45) is 0.0387. The Hall–Kier alpha value is -1.60. The van der Waals surface area contributed by atoms with E-state index in [2.05, 4.69) is 62.4 Å². The van der Waals surface area contributed by atoms with Crippen LogP contribution in [0.4, 0.5) is 0 Å². The second-order valence-electron chi connectivity index (χ2n) is 4.60. The van der Waals surface area contributed by atoms with Crippen LogP contribution in [0.3, 0.4) is 0 Å². The Morgan fingerprint density at radius 2 is 1.61 bits per heavy atom. The zero-order valence-electron chi connectivity index (χ0n) is 11.3. The van der Waals surface area contributed by atoms with Gasteiger partial charge in [0.2, 0.25) is 0 Å². The standard InChI is InChI=1S/C17H20O/c1-4-18-17(15-11-9-13(2)10-12-15)16-8-6-5-7-14(16)3/h5-12,17H,4H2,1-3H3/t17-/m0/s1. The van der Waals surface area contributed by atoms with Crippen LogP contribution in [0.15, 0.2) is 48.5 Å². The molecule has 0 spiro atoms. The number of ether oxygens (including phenoxy) is 1. The predicted molar refractivity (Wildman–Crippen MR) is 75.8 cm³/mol. The molecule has 0 aliphatic rings. The van der Waals surface area contributed by atoms with Gasteiger partial charge in [0.25, 0.3) is 0 Å². The average Bonchev–Trinajstić information content (AvgIpc) is 2.38. The van der Waals surface area contributed by atoms with Crippen molar-refractivity contribution in [3.8, 4) is 0 Å². The van der Waals surface area contributed by atoms with E-state index in [0.29, 0.717) is 6.61 Å². The minimum Gasteiger partial charge on any atom is -0.369 e. The summed E-state index contributed by atoms with van der Waals surface area (Å²) in [6, 6.07) is 17.0. The SMILES string of the molecule is CCO[C@@H](c1ccc(C)cc1)c1ccccc1C. The van der Waals surface area contributed by atoms with Crippen LogP contribution in [0, 0.1) is 13.8 Å². The van der Waals surface area contributed by atoms with Crippen LogP contribution in [0.2, 0.25) is 0 Å². The second kappa shape index (κ2) is 5.83. The molecule has 0 amide bonds. The van der Waals surface area contributed by atoms with Crippen molar-refractivity contribution >= 4 is 0 Å². The maximum atomic E-state index is 5.93. The highest BCUT2D eigenvalue weighted by molar-refractivity contribution is 5.36. The van der Waals surface area contributed by atoms with Gasteiger partial charge in [-0.15, -0.1) is 0 Å². The van der Waals surface area contributed by atoms with Gasteiger partial charge in [-0.25, -0.2) is 0 Å². The maximum absolute atomic E-state index is 5.93. The van der Waals surface area contributed by atoms with Gasteiger partial charge in [-0.05, 0) is 37.5 Å². The molecule has 0 radical (unpaired) electrons. The topological polar surface area (TPSA) is 9.23 Å². The van der Waals surface area contributed by atoms with E-state index in [1.54, 1.807) is 0 Å². The molecule has 0 bridgehead atoms. The molecule has 2 aromatic carbocycles. The molecule has 18 heavy (non-hydrogen) atoms. The summed E-state index contributed by atoms with van der Waals surface area (Å²) in [7, 11) is 0. The Labute approximate surface area is 109 Å². The number of hydrogen-bond acceptors (Lipinski definition) is 1. The Morgan fingerprint density at radius 3 is 2.22 bits per heavy atom. The van der Waals surface area contributed by atoms with Crippen molar-refractivity contribution in [3.05, 3.63) is 70.8 Å². The van der Waals surface area contributed by atoms with Crippen LogP contribution in [-0.2, 0) is 4.74 Å². The van der Waals surface area contributed by atoms with E-state index in [0.717, 1.165) is 0 Å². The third kappa shape index (κ3) is 2.80. The third-order valence-electron chi connectivity index (χ3n) is 3.18. The van der Waals surface area contributed by atoms with Gasteiger partial charge >= 0.3 is 0 Å². The quantitative estimate of drug-likeness (QED) is 0.768. The number of hydrogen-bond donors (Lipinski definition) is 0. The van der Waals surface area contributed by atoms with Gasteiger partial charge in [0.15, 0.2) is 0 Å². The number of aryl methyl sites for hydroxylation is 2. The fourth-order valence-electron chi connectivity index (χ4n) is 2.15. The van der Waals surface area contributed by atoms with E-state index >= 15 is 0 Å². The normalized spacial score (nSPS) is 12.4. The molecule has 2 aromatic rings. The Bertz CT molecular complexity index is 499. The van der Waals surface area contributed by atoms with E-state index < -0.39 is 0 Å². The highest BCUT2D eigenvalue weighted by Gasteiger charge is 2.15. The van der Waals surface area contributed by atoms with Crippen molar-refractivity contribution in [2.24, 2.45) is 0 Å². The summed E-state index contributed by atoms with van der Waals surface area (Å²) in [4.78, 5) is 0. The first-order chi connectivity index (χ1) is 8.72. The van der Waals surface area contributed by atoms with Crippen molar-refractivity contribution in [1.29, 1.82) is 0 Å². The zero-order chi connectivity index (χ0) is 13.0.